The van der Waals surface area contributed by atoms with Gasteiger partial charge in [-0.15, -0.1) is 0 Å². The molecule has 3 nitrogen and oxygen atoms in total. The van der Waals surface area contributed by atoms with Crippen LogP contribution in [0.5, 0.6) is 0 Å². The minimum atomic E-state index is -4.31. The second-order valence-electron chi connectivity index (χ2n) is 5.58. The fourth-order valence-electron chi connectivity index (χ4n) is 3.11. The first-order chi connectivity index (χ1) is 9.99. The molecule has 2 unspecified atom stereocenters. The number of hydrogen-bond donors (Lipinski definition) is 1. The lowest BCUT2D eigenvalue weighted by molar-refractivity contribution is -0.137. The third-order valence-corrected chi connectivity index (χ3v) is 4.34. The van der Waals surface area contributed by atoms with Gasteiger partial charge in [-0.1, -0.05) is 19.1 Å². The van der Waals surface area contributed by atoms with Gasteiger partial charge in [-0.2, -0.15) is 18.3 Å². The first-order valence-corrected chi connectivity index (χ1v) is 7.20. The highest BCUT2D eigenvalue weighted by molar-refractivity contribution is 5.89. The van der Waals surface area contributed by atoms with E-state index in [2.05, 4.69) is 22.4 Å². The number of hydrazone groups is 1. The number of benzene rings is 1. The molecule has 0 radical (unpaired) electrons. The maximum Gasteiger partial charge on any atom is 0.416 e. The van der Waals surface area contributed by atoms with Gasteiger partial charge in [-0.3, -0.25) is 0 Å². The highest BCUT2D eigenvalue weighted by atomic mass is 19.4. The summed E-state index contributed by atoms with van der Waals surface area (Å²) in [4.78, 5) is 2.32. The van der Waals surface area contributed by atoms with Gasteiger partial charge < -0.3 is 10.3 Å². The molecule has 0 spiro atoms. The molecule has 0 aliphatic carbocycles. The van der Waals surface area contributed by atoms with Gasteiger partial charge in [0.1, 0.15) is 0 Å². The number of rotatable bonds is 2. The molecule has 1 N–H and O–H groups in total. The van der Waals surface area contributed by atoms with Crippen LogP contribution in [0.25, 0.3) is 0 Å². The molecule has 0 aromatic heterocycles. The number of piperidine rings is 1. The molecule has 1 aromatic rings. The molecule has 1 fully saturated rings. The number of nitrogens with zero attached hydrogens (tertiary/aromatic N) is 2. The van der Waals surface area contributed by atoms with E-state index in [1.54, 1.807) is 6.07 Å². The zero-order chi connectivity index (χ0) is 15.0. The largest absolute Gasteiger partial charge is 0.416 e. The van der Waals surface area contributed by atoms with Crippen LogP contribution in [-0.2, 0) is 6.18 Å². The van der Waals surface area contributed by atoms with E-state index < -0.39 is 11.7 Å². The van der Waals surface area contributed by atoms with E-state index in [0.29, 0.717) is 5.56 Å². The first-order valence-electron chi connectivity index (χ1n) is 7.20. The zero-order valence-corrected chi connectivity index (χ0v) is 11.8. The summed E-state index contributed by atoms with van der Waals surface area (Å²) in [5, 5.41) is 4.33. The Morgan fingerprint density at radius 3 is 2.90 bits per heavy atom. The third kappa shape index (κ3) is 2.77. The fourth-order valence-corrected chi connectivity index (χ4v) is 3.11. The molecule has 1 saturated heterocycles. The molecule has 6 heteroatoms. The quantitative estimate of drug-likeness (QED) is 0.908. The summed E-state index contributed by atoms with van der Waals surface area (Å²) >= 11 is 0. The molecule has 0 bridgehead atoms. The Bertz CT molecular complexity index is 553. The summed E-state index contributed by atoms with van der Waals surface area (Å²) in [5.41, 5.74) is 4.18. The standard InChI is InChI=1S/C15H18F3N3/c1-2-21-7-6-13-12(9-21)14(20-19-13)10-4-3-5-11(8-10)15(16,17)18/h3-5,8,12,14,20H,2,6-7,9H2,1H3. The number of halogens is 3. The van der Waals surface area contributed by atoms with Crippen molar-refractivity contribution in [3.63, 3.8) is 0 Å². The normalized spacial score (nSPS) is 26.2. The molecular formula is C15H18F3N3. The zero-order valence-electron chi connectivity index (χ0n) is 11.8. The second-order valence-corrected chi connectivity index (χ2v) is 5.58. The van der Waals surface area contributed by atoms with Crippen molar-refractivity contribution in [3.8, 4) is 0 Å². The molecule has 2 atom stereocenters. The van der Waals surface area contributed by atoms with Crippen molar-refractivity contribution in [2.24, 2.45) is 11.0 Å². The monoisotopic (exact) mass is 297 g/mol. The molecule has 2 aliphatic heterocycles. The van der Waals surface area contributed by atoms with Crippen LogP contribution in [0.1, 0.15) is 30.5 Å². The van der Waals surface area contributed by atoms with Gasteiger partial charge in [0.15, 0.2) is 0 Å². The second kappa shape index (κ2) is 5.33. The van der Waals surface area contributed by atoms with Gasteiger partial charge in [0.05, 0.1) is 11.6 Å². The van der Waals surface area contributed by atoms with Crippen LogP contribution in [0.15, 0.2) is 29.4 Å². The molecule has 2 heterocycles. The number of alkyl halides is 3. The van der Waals surface area contributed by atoms with Crippen LogP contribution in [-0.4, -0.2) is 30.2 Å². The van der Waals surface area contributed by atoms with Crippen molar-refractivity contribution < 1.29 is 13.2 Å². The van der Waals surface area contributed by atoms with Crippen molar-refractivity contribution in [1.29, 1.82) is 0 Å². The summed E-state index contributed by atoms with van der Waals surface area (Å²) in [5.74, 6) is 0.169. The highest BCUT2D eigenvalue weighted by Crippen LogP contribution is 2.35. The van der Waals surface area contributed by atoms with E-state index in [1.807, 2.05) is 0 Å². The molecule has 1 aromatic carbocycles. The summed E-state index contributed by atoms with van der Waals surface area (Å²) < 4.78 is 38.5. The first kappa shape index (κ1) is 14.4. The number of likely N-dealkylation sites (tertiary alicyclic amines) is 1. The van der Waals surface area contributed by atoms with Gasteiger partial charge in [0.25, 0.3) is 0 Å². The van der Waals surface area contributed by atoms with Gasteiger partial charge in [0.2, 0.25) is 0 Å². The Morgan fingerprint density at radius 1 is 1.38 bits per heavy atom. The molecule has 0 saturated carbocycles. The van der Waals surface area contributed by atoms with Gasteiger partial charge in [0, 0.05) is 31.1 Å². The van der Waals surface area contributed by atoms with E-state index in [0.717, 1.165) is 37.8 Å². The average molecular weight is 297 g/mol. The summed E-state index contributed by atoms with van der Waals surface area (Å²) in [6.45, 7) is 4.88. The van der Waals surface area contributed by atoms with Crippen LogP contribution in [0.4, 0.5) is 13.2 Å². The van der Waals surface area contributed by atoms with Crippen LogP contribution >= 0.6 is 0 Å². The highest BCUT2D eigenvalue weighted by Gasteiger charge is 2.38. The van der Waals surface area contributed by atoms with Gasteiger partial charge in [-0.05, 0) is 24.2 Å². The average Bonchev–Trinajstić information content (AvgIpc) is 2.89. The fraction of sp³-hybridized carbons (Fsp3) is 0.533. The lowest BCUT2D eigenvalue weighted by Crippen LogP contribution is -2.41. The maximum atomic E-state index is 12.8. The van der Waals surface area contributed by atoms with Crippen LogP contribution in [0.3, 0.4) is 0 Å². The molecular weight excluding hydrogens is 279 g/mol. The SMILES string of the molecule is CCN1CCC2=NNC(c3cccc(C(F)(F)F)c3)C2C1. The Kier molecular flexibility index (Phi) is 3.65. The number of fused-ring (bicyclic) bond motifs is 1. The van der Waals surface area contributed by atoms with E-state index in [1.165, 1.54) is 12.1 Å². The van der Waals surface area contributed by atoms with E-state index >= 15 is 0 Å². The van der Waals surface area contributed by atoms with Crippen LogP contribution in [0.2, 0.25) is 0 Å². The molecule has 3 rings (SSSR count). The Balaban J connectivity index is 1.85. The lowest BCUT2D eigenvalue weighted by atomic mass is 9.86. The van der Waals surface area contributed by atoms with Gasteiger partial charge >= 0.3 is 6.18 Å². The Hall–Kier alpha value is -1.56. The van der Waals surface area contributed by atoms with Gasteiger partial charge in [-0.25, -0.2) is 0 Å². The smallest absolute Gasteiger partial charge is 0.302 e. The molecule has 21 heavy (non-hydrogen) atoms. The van der Waals surface area contributed by atoms with E-state index in [4.69, 9.17) is 0 Å². The topological polar surface area (TPSA) is 27.6 Å². The van der Waals surface area contributed by atoms with Crippen molar-refractivity contribution in [3.05, 3.63) is 35.4 Å². The van der Waals surface area contributed by atoms with Crippen LogP contribution in [0, 0.1) is 5.92 Å². The molecule has 0 amide bonds. The minimum Gasteiger partial charge on any atom is -0.302 e. The van der Waals surface area contributed by atoms with Crippen molar-refractivity contribution in [2.45, 2.75) is 25.6 Å². The third-order valence-electron chi connectivity index (χ3n) is 4.34. The lowest BCUT2D eigenvalue weighted by Gasteiger charge is -2.32. The van der Waals surface area contributed by atoms with Crippen molar-refractivity contribution in [1.82, 2.24) is 10.3 Å². The predicted octanol–water partition coefficient (Wildman–Crippen LogP) is 3.05. The Morgan fingerprint density at radius 2 is 2.19 bits per heavy atom. The number of nitrogens with one attached hydrogen (secondary N) is 1. The molecule has 114 valence electrons. The van der Waals surface area contributed by atoms with E-state index in [9.17, 15) is 13.2 Å². The van der Waals surface area contributed by atoms with Crippen LogP contribution < -0.4 is 5.43 Å². The van der Waals surface area contributed by atoms with Crippen molar-refractivity contribution in [2.75, 3.05) is 19.6 Å². The Labute approximate surface area is 121 Å². The minimum absolute atomic E-state index is 0.156. The number of hydrogen-bond acceptors (Lipinski definition) is 3. The molecule has 2 aliphatic rings. The summed E-state index contributed by atoms with van der Waals surface area (Å²) in [7, 11) is 0. The summed E-state index contributed by atoms with van der Waals surface area (Å²) in [6.07, 6.45) is -3.42. The maximum absolute atomic E-state index is 12.8. The van der Waals surface area contributed by atoms with E-state index in [-0.39, 0.29) is 12.0 Å². The summed E-state index contributed by atoms with van der Waals surface area (Å²) in [6, 6.07) is 5.41. The van der Waals surface area contributed by atoms with Crippen molar-refractivity contribution >= 4 is 5.71 Å². The predicted molar refractivity (Wildman–Crippen MR) is 75.0 cm³/mol.